The molecule has 7 rings (SSSR count). The molecule has 0 unspecified atom stereocenters. The number of ether oxygens (including phenoxy) is 6. The molecule has 0 fully saturated rings. The molecule has 2 heterocycles. The molecule has 12 heteroatoms. The lowest BCUT2D eigenvalue weighted by atomic mass is 10.1. The third-order valence-corrected chi connectivity index (χ3v) is 9.07. The van der Waals surface area contributed by atoms with Crippen molar-refractivity contribution in [2.75, 3.05) is 0 Å². The molecule has 0 amide bonds. The number of aryl methyl sites for hydroxylation is 4. The molecule has 0 bridgehead atoms. The Balaban J connectivity index is 1.10. The zero-order valence-electron chi connectivity index (χ0n) is 34.3. The van der Waals surface area contributed by atoms with E-state index in [2.05, 4.69) is 57.6 Å². The highest BCUT2D eigenvalue weighted by atomic mass is 16.5. The van der Waals surface area contributed by atoms with E-state index in [-0.39, 0.29) is 36.1 Å². The van der Waals surface area contributed by atoms with Gasteiger partial charge in [0.15, 0.2) is 0 Å². The first-order valence-electron chi connectivity index (χ1n) is 20.5. The zero-order valence-corrected chi connectivity index (χ0v) is 34.3. The van der Waals surface area contributed by atoms with Gasteiger partial charge in [-0.2, -0.15) is 0 Å². The van der Waals surface area contributed by atoms with Crippen molar-refractivity contribution >= 4 is 0 Å². The zero-order chi connectivity index (χ0) is 41.5. The fourth-order valence-electron chi connectivity index (χ4n) is 6.17. The summed E-state index contributed by atoms with van der Waals surface area (Å²) < 4.78 is 36.4. The molecule has 0 radical (unpaired) electrons. The van der Waals surface area contributed by atoms with Gasteiger partial charge in [0, 0.05) is 0 Å². The predicted octanol–water partition coefficient (Wildman–Crippen LogP) is 12.6. The minimum absolute atomic E-state index is 0.0143. The molecule has 7 aromatic rings. The Kier molecular flexibility index (Phi) is 14.1. The van der Waals surface area contributed by atoms with Gasteiger partial charge in [-0.15, -0.1) is 29.9 Å². The molecule has 0 saturated carbocycles. The Morgan fingerprint density at radius 2 is 0.400 bits per heavy atom. The van der Waals surface area contributed by atoms with Gasteiger partial charge >= 0.3 is 36.1 Å². The Labute approximate surface area is 350 Å². The molecule has 12 nitrogen and oxygen atoms in total. The molecular weight excluding hydrogens is 757 g/mol. The van der Waals surface area contributed by atoms with Crippen molar-refractivity contribution in [2.24, 2.45) is 0 Å². The van der Waals surface area contributed by atoms with Gasteiger partial charge in [-0.05, 0) is 121 Å². The molecule has 5 aromatic carbocycles. The number of hydrogen-bond donors (Lipinski definition) is 0. The summed E-state index contributed by atoms with van der Waals surface area (Å²) in [6.45, 7) is 8.58. The molecule has 0 saturated heterocycles. The largest absolute Gasteiger partial charge is 0.424 e. The lowest BCUT2D eigenvalue weighted by molar-refractivity contribution is 0.358. The molecule has 0 spiro atoms. The highest BCUT2D eigenvalue weighted by Crippen LogP contribution is 2.31. The molecule has 2 aromatic heterocycles. The number of aromatic nitrogens is 6. The van der Waals surface area contributed by atoms with E-state index in [0.717, 1.165) is 51.4 Å². The first kappa shape index (κ1) is 41.1. The minimum atomic E-state index is -0.0274. The summed E-state index contributed by atoms with van der Waals surface area (Å²) in [5.41, 5.74) is 4.86. The van der Waals surface area contributed by atoms with Crippen molar-refractivity contribution in [1.82, 2.24) is 29.9 Å². The van der Waals surface area contributed by atoms with E-state index in [9.17, 15) is 0 Å². The van der Waals surface area contributed by atoms with Crippen LogP contribution in [-0.4, -0.2) is 29.9 Å². The van der Waals surface area contributed by atoms with Crippen LogP contribution in [0.2, 0.25) is 0 Å². The Hall–Kier alpha value is -7.08. The van der Waals surface area contributed by atoms with Gasteiger partial charge in [-0.25, -0.2) is 0 Å². The first-order chi connectivity index (χ1) is 29.4. The van der Waals surface area contributed by atoms with Crippen molar-refractivity contribution in [3.63, 3.8) is 0 Å². The predicted molar refractivity (Wildman–Crippen MR) is 228 cm³/mol. The van der Waals surface area contributed by atoms with Crippen LogP contribution < -0.4 is 28.4 Å². The highest BCUT2D eigenvalue weighted by Gasteiger charge is 2.16. The lowest BCUT2D eigenvalue weighted by Crippen LogP contribution is -2.02. The Morgan fingerprint density at radius 3 is 0.550 bits per heavy atom. The van der Waals surface area contributed by atoms with Crippen LogP contribution in [0.5, 0.6) is 70.6 Å². The second-order valence-corrected chi connectivity index (χ2v) is 14.0. The molecule has 0 aliphatic rings. The normalized spacial score (nSPS) is 10.9. The molecule has 0 N–H and O–H groups in total. The standard InChI is InChI=1S/C48H48N6O6/c1-5-9-33-13-21-37(22-14-33)55-43-49-44(56-38-23-15-34(10-6-2)16-24-38)52-47(51-43)59-41-29-31-42(32-30-41)60-48-53-45(57-39-25-17-35(11-7-3)18-26-39)50-46(54-48)58-40-27-19-36(12-8-4)20-28-40/h13-32H,5-12H2,1-4H3. The van der Waals surface area contributed by atoms with E-state index in [1.807, 2.05) is 97.1 Å². The van der Waals surface area contributed by atoms with E-state index < -0.39 is 0 Å². The monoisotopic (exact) mass is 804 g/mol. The van der Waals surface area contributed by atoms with Crippen LogP contribution in [0.1, 0.15) is 75.6 Å². The summed E-state index contributed by atoms with van der Waals surface area (Å²) in [4.78, 5) is 26.6. The Morgan fingerprint density at radius 1 is 0.250 bits per heavy atom. The molecule has 0 aliphatic carbocycles. The van der Waals surface area contributed by atoms with Crippen LogP contribution in [0.15, 0.2) is 121 Å². The van der Waals surface area contributed by atoms with E-state index in [1.54, 1.807) is 24.3 Å². The summed E-state index contributed by atoms with van der Waals surface area (Å²) in [6.07, 6.45) is 8.11. The molecule has 306 valence electrons. The molecular formula is C48H48N6O6. The molecule has 0 aliphatic heterocycles. The van der Waals surface area contributed by atoms with Crippen LogP contribution >= 0.6 is 0 Å². The van der Waals surface area contributed by atoms with Crippen molar-refractivity contribution in [1.29, 1.82) is 0 Å². The van der Waals surface area contributed by atoms with Crippen molar-refractivity contribution in [2.45, 2.75) is 79.1 Å². The Bertz CT molecular complexity index is 2100. The van der Waals surface area contributed by atoms with Crippen molar-refractivity contribution in [3.05, 3.63) is 144 Å². The van der Waals surface area contributed by atoms with Gasteiger partial charge in [0.05, 0.1) is 0 Å². The van der Waals surface area contributed by atoms with E-state index in [1.165, 1.54) is 22.3 Å². The van der Waals surface area contributed by atoms with Crippen LogP contribution in [0, 0.1) is 0 Å². The smallest absolute Gasteiger partial charge is 0.331 e. The second-order valence-electron chi connectivity index (χ2n) is 14.0. The number of nitrogens with zero attached hydrogens (tertiary/aromatic N) is 6. The van der Waals surface area contributed by atoms with E-state index in [0.29, 0.717) is 34.5 Å². The van der Waals surface area contributed by atoms with Crippen LogP contribution in [0.3, 0.4) is 0 Å². The molecule has 60 heavy (non-hydrogen) atoms. The lowest BCUT2D eigenvalue weighted by Gasteiger charge is -2.11. The second kappa shape index (κ2) is 20.6. The summed E-state index contributed by atoms with van der Waals surface area (Å²) >= 11 is 0. The van der Waals surface area contributed by atoms with Crippen molar-refractivity contribution in [3.8, 4) is 70.6 Å². The maximum absolute atomic E-state index is 6.10. The van der Waals surface area contributed by atoms with Crippen LogP contribution in [0.25, 0.3) is 0 Å². The molecule has 0 atom stereocenters. The van der Waals surface area contributed by atoms with Gasteiger partial charge in [0.25, 0.3) is 0 Å². The third-order valence-electron chi connectivity index (χ3n) is 9.07. The minimum Gasteiger partial charge on any atom is -0.424 e. The summed E-state index contributed by atoms with van der Waals surface area (Å²) in [6, 6.07) is 38.0. The summed E-state index contributed by atoms with van der Waals surface area (Å²) in [5, 5.41) is 0. The quantitative estimate of drug-likeness (QED) is 0.0726. The van der Waals surface area contributed by atoms with Crippen LogP contribution in [0.4, 0.5) is 0 Å². The average molecular weight is 805 g/mol. The van der Waals surface area contributed by atoms with Gasteiger partial charge in [0.1, 0.15) is 34.5 Å². The van der Waals surface area contributed by atoms with E-state index in [4.69, 9.17) is 28.4 Å². The fraction of sp³-hybridized carbons (Fsp3) is 0.250. The maximum atomic E-state index is 6.10. The van der Waals surface area contributed by atoms with Gasteiger partial charge in [-0.3, -0.25) is 0 Å². The van der Waals surface area contributed by atoms with Gasteiger partial charge in [-0.1, -0.05) is 102 Å². The van der Waals surface area contributed by atoms with Gasteiger partial charge < -0.3 is 28.4 Å². The summed E-state index contributed by atoms with van der Waals surface area (Å²) in [5.74, 6) is 3.11. The number of benzene rings is 5. The van der Waals surface area contributed by atoms with Gasteiger partial charge in [0.2, 0.25) is 0 Å². The van der Waals surface area contributed by atoms with Crippen molar-refractivity contribution < 1.29 is 28.4 Å². The SMILES string of the molecule is CCCc1ccc(Oc2nc(Oc3ccc(CCC)cc3)nc(Oc3ccc(Oc4nc(Oc5ccc(CCC)cc5)nc(Oc5ccc(CCC)cc5)n4)cc3)n2)cc1. The first-order valence-corrected chi connectivity index (χ1v) is 20.5. The topological polar surface area (TPSA) is 133 Å². The fourth-order valence-corrected chi connectivity index (χ4v) is 6.17. The summed E-state index contributed by atoms with van der Waals surface area (Å²) in [7, 11) is 0. The van der Waals surface area contributed by atoms with Crippen LogP contribution in [-0.2, 0) is 25.7 Å². The third kappa shape index (κ3) is 12.0. The maximum Gasteiger partial charge on any atom is 0.331 e. The highest BCUT2D eigenvalue weighted by molar-refractivity contribution is 5.37. The average Bonchev–Trinajstić information content (AvgIpc) is 3.25. The number of hydrogen-bond acceptors (Lipinski definition) is 12. The number of rotatable bonds is 20. The van der Waals surface area contributed by atoms with E-state index >= 15 is 0 Å².